The van der Waals surface area contributed by atoms with Crippen molar-refractivity contribution in [2.24, 2.45) is 12.0 Å². The molecule has 6 nitrogen and oxygen atoms in total. The number of aryl methyl sites for hydroxylation is 1. The summed E-state index contributed by atoms with van der Waals surface area (Å²) in [7, 11) is -2.07. The second-order valence-electron chi connectivity index (χ2n) is 7.63. The van der Waals surface area contributed by atoms with Crippen LogP contribution in [-0.4, -0.2) is 18.9 Å². The summed E-state index contributed by atoms with van der Waals surface area (Å²) < 4.78 is 43.6. The Morgan fingerprint density at radius 2 is 1.74 bits per heavy atom. The third-order valence-corrected chi connectivity index (χ3v) is 7.86. The van der Waals surface area contributed by atoms with Gasteiger partial charge in [-0.3, -0.25) is 9.52 Å². The van der Waals surface area contributed by atoms with Crippen LogP contribution < -0.4 is 9.52 Å². The van der Waals surface area contributed by atoms with Gasteiger partial charge in [-0.25, -0.2) is 12.8 Å². The van der Waals surface area contributed by atoms with Crippen molar-refractivity contribution in [2.45, 2.75) is 4.90 Å². The fourth-order valence-electron chi connectivity index (χ4n) is 3.72. The summed E-state index contributed by atoms with van der Waals surface area (Å²) in [6.45, 7) is 0. The van der Waals surface area contributed by atoms with Gasteiger partial charge in [0.2, 0.25) is 0 Å². The SMILES string of the molecule is Cn1c(=NC(=O)c2cccc(NS(=O)(=O)c3ccc(F)cc3)c2)sc2ccc3ccccc3c21. The number of nitrogens with one attached hydrogen (secondary N) is 1. The molecule has 1 N–H and O–H groups in total. The van der Waals surface area contributed by atoms with Gasteiger partial charge in [-0.2, -0.15) is 4.99 Å². The van der Waals surface area contributed by atoms with Gasteiger partial charge in [0.25, 0.3) is 15.9 Å². The zero-order chi connectivity index (χ0) is 23.9. The zero-order valence-electron chi connectivity index (χ0n) is 17.9. The Balaban J connectivity index is 1.49. The van der Waals surface area contributed by atoms with Crippen molar-refractivity contribution in [3.8, 4) is 0 Å². The van der Waals surface area contributed by atoms with Crippen LogP contribution in [0, 0.1) is 5.82 Å². The molecule has 5 rings (SSSR count). The average molecular weight is 492 g/mol. The maximum Gasteiger partial charge on any atom is 0.279 e. The van der Waals surface area contributed by atoms with E-state index in [4.69, 9.17) is 0 Å². The van der Waals surface area contributed by atoms with E-state index >= 15 is 0 Å². The van der Waals surface area contributed by atoms with E-state index in [0.717, 1.165) is 33.1 Å². The van der Waals surface area contributed by atoms with Crippen LogP contribution in [0.5, 0.6) is 0 Å². The largest absolute Gasteiger partial charge is 0.319 e. The number of carbonyl (C=O) groups is 1. The minimum atomic E-state index is -3.94. The van der Waals surface area contributed by atoms with E-state index in [1.54, 1.807) is 12.1 Å². The standard InChI is InChI=1S/C25H18FN3O3S2/c1-29-23-21-8-3-2-5-16(21)9-14-22(23)33-25(29)27-24(30)17-6-4-7-19(15-17)28-34(31,32)20-12-10-18(26)11-13-20/h2-15,28H,1H3. The molecule has 1 heterocycles. The van der Waals surface area contributed by atoms with Crippen molar-refractivity contribution in [1.29, 1.82) is 0 Å². The molecule has 5 aromatic rings. The van der Waals surface area contributed by atoms with Crippen molar-refractivity contribution >= 4 is 53.9 Å². The second kappa shape index (κ2) is 8.51. The number of benzene rings is 4. The highest BCUT2D eigenvalue weighted by Crippen LogP contribution is 2.26. The van der Waals surface area contributed by atoms with E-state index in [0.29, 0.717) is 4.80 Å². The molecule has 1 amide bonds. The normalized spacial score (nSPS) is 12.4. The van der Waals surface area contributed by atoms with Gasteiger partial charge in [-0.1, -0.05) is 47.7 Å². The molecule has 1 aromatic heterocycles. The van der Waals surface area contributed by atoms with Gasteiger partial charge in [0.05, 0.1) is 15.1 Å². The van der Waals surface area contributed by atoms with Crippen molar-refractivity contribution in [1.82, 2.24) is 4.57 Å². The van der Waals surface area contributed by atoms with Crippen molar-refractivity contribution < 1.29 is 17.6 Å². The summed E-state index contributed by atoms with van der Waals surface area (Å²) in [5, 5.41) is 2.17. The van der Waals surface area contributed by atoms with E-state index < -0.39 is 21.7 Å². The zero-order valence-corrected chi connectivity index (χ0v) is 19.5. The van der Waals surface area contributed by atoms with Gasteiger partial charge in [-0.15, -0.1) is 0 Å². The Hall–Kier alpha value is -3.82. The summed E-state index contributed by atoms with van der Waals surface area (Å²) in [5.41, 5.74) is 1.44. The lowest BCUT2D eigenvalue weighted by atomic mass is 10.1. The van der Waals surface area contributed by atoms with Crippen LogP contribution in [-0.2, 0) is 17.1 Å². The molecule has 0 bridgehead atoms. The van der Waals surface area contributed by atoms with Gasteiger partial charge in [0, 0.05) is 23.7 Å². The fraction of sp³-hybridized carbons (Fsp3) is 0.0400. The van der Waals surface area contributed by atoms with Gasteiger partial charge in [0.1, 0.15) is 5.82 Å². The van der Waals surface area contributed by atoms with Crippen LogP contribution in [0.3, 0.4) is 0 Å². The number of nitrogens with zero attached hydrogens (tertiary/aromatic N) is 2. The first-order chi connectivity index (χ1) is 16.3. The number of fused-ring (bicyclic) bond motifs is 3. The molecule has 0 unspecified atom stereocenters. The molecule has 34 heavy (non-hydrogen) atoms. The van der Waals surface area contributed by atoms with Crippen LogP contribution in [0.1, 0.15) is 10.4 Å². The van der Waals surface area contributed by atoms with Crippen LogP contribution >= 0.6 is 11.3 Å². The fourth-order valence-corrected chi connectivity index (χ4v) is 5.80. The van der Waals surface area contributed by atoms with E-state index in [9.17, 15) is 17.6 Å². The maximum atomic E-state index is 13.1. The van der Waals surface area contributed by atoms with E-state index in [1.165, 1.54) is 35.6 Å². The lowest BCUT2D eigenvalue weighted by molar-refractivity contribution is 0.0998. The lowest BCUT2D eigenvalue weighted by Crippen LogP contribution is -2.15. The minimum Gasteiger partial charge on any atom is -0.319 e. The Kier molecular flexibility index (Phi) is 5.51. The second-order valence-corrected chi connectivity index (χ2v) is 10.3. The number of hydrogen-bond donors (Lipinski definition) is 1. The van der Waals surface area contributed by atoms with Crippen molar-refractivity contribution in [3.05, 3.63) is 101 Å². The number of halogens is 1. The van der Waals surface area contributed by atoms with Gasteiger partial charge >= 0.3 is 0 Å². The summed E-state index contributed by atoms with van der Waals surface area (Å²) in [6, 6.07) is 22.7. The first-order valence-corrected chi connectivity index (χ1v) is 12.6. The number of rotatable bonds is 4. The Morgan fingerprint density at radius 1 is 0.971 bits per heavy atom. The first kappa shape index (κ1) is 22.0. The highest BCUT2D eigenvalue weighted by Gasteiger charge is 2.16. The molecule has 0 saturated heterocycles. The predicted molar refractivity (Wildman–Crippen MR) is 132 cm³/mol. The molecular formula is C25H18FN3O3S2. The molecule has 0 saturated carbocycles. The molecule has 0 radical (unpaired) electrons. The molecule has 0 fully saturated rings. The van der Waals surface area contributed by atoms with Gasteiger partial charge in [-0.05, 0) is 53.9 Å². The Labute approximate surface area is 198 Å². The minimum absolute atomic E-state index is 0.0835. The molecule has 0 atom stereocenters. The number of sulfonamides is 1. The number of anilines is 1. The quantitative estimate of drug-likeness (QED) is 0.381. The number of carbonyl (C=O) groups excluding carboxylic acids is 1. The molecule has 0 aliphatic rings. The Morgan fingerprint density at radius 3 is 2.53 bits per heavy atom. The highest BCUT2D eigenvalue weighted by molar-refractivity contribution is 7.92. The smallest absolute Gasteiger partial charge is 0.279 e. The van der Waals surface area contributed by atoms with E-state index in [-0.39, 0.29) is 16.1 Å². The van der Waals surface area contributed by atoms with Crippen LogP contribution in [0.4, 0.5) is 10.1 Å². The lowest BCUT2D eigenvalue weighted by Gasteiger charge is -2.08. The highest BCUT2D eigenvalue weighted by atomic mass is 32.2. The topological polar surface area (TPSA) is 80.5 Å². The van der Waals surface area contributed by atoms with Crippen LogP contribution in [0.2, 0.25) is 0 Å². The number of thiazole rings is 1. The molecule has 0 spiro atoms. The van der Waals surface area contributed by atoms with Gasteiger partial charge in [0.15, 0.2) is 4.80 Å². The summed E-state index contributed by atoms with van der Waals surface area (Å²) in [5.74, 6) is -1.02. The molecule has 170 valence electrons. The number of hydrogen-bond acceptors (Lipinski definition) is 4. The number of aromatic nitrogens is 1. The monoisotopic (exact) mass is 491 g/mol. The van der Waals surface area contributed by atoms with Gasteiger partial charge < -0.3 is 4.57 Å². The maximum absolute atomic E-state index is 13.1. The molecular weight excluding hydrogens is 473 g/mol. The summed E-state index contributed by atoms with van der Waals surface area (Å²) in [4.78, 5) is 17.7. The summed E-state index contributed by atoms with van der Waals surface area (Å²) in [6.07, 6.45) is 0. The first-order valence-electron chi connectivity index (χ1n) is 10.3. The molecule has 4 aromatic carbocycles. The van der Waals surface area contributed by atoms with Crippen molar-refractivity contribution in [3.63, 3.8) is 0 Å². The molecule has 0 aliphatic carbocycles. The third-order valence-electron chi connectivity index (χ3n) is 5.37. The van der Waals surface area contributed by atoms with Crippen LogP contribution in [0.15, 0.2) is 94.8 Å². The average Bonchev–Trinajstić information content (AvgIpc) is 3.14. The molecule has 9 heteroatoms. The Bertz CT molecular complexity index is 1740. The van der Waals surface area contributed by atoms with Crippen LogP contribution in [0.25, 0.3) is 21.0 Å². The van der Waals surface area contributed by atoms with E-state index in [1.807, 2.05) is 48.0 Å². The predicted octanol–water partition coefficient (Wildman–Crippen LogP) is 5.07. The number of amides is 1. The summed E-state index contributed by atoms with van der Waals surface area (Å²) >= 11 is 1.41. The molecule has 0 aliphatic heterocycles. The van der Waals surface area contributed by atoms with Crippen molar-refractivity contribution in [2.75, 3.05) is 4.72 Å². The van der Waals surface area contributed by atoms with E-state index in [2.05, 4.69) is 9.71 Å². The third kappa shape index (κ3) is 4.11.